The van der Waals surface area contributed by atoms with Crippen molar-refractivity contribution in [3.63, 3.8) is 0 Å². The van der Waals surface area contributed by atoms with Gasteiger partial charge in [0, 0.05) is 12.7 Å². The van der Waals surface area contributed by atoms with E-state index in [1.807, 2.05) is 24.3 Å². The fourth-order valence-corrected chi connectivity index (χ4v) is 1.94. The zero-order valence-electron chi connectivity index (χ0n) is 11.6. The standard InChI is InChI=1S/C15H17ClN2O2/c1-3-8-20-13-6-4-11(5-7-13)15-17-12(10-19-2)9-14(16)18-15/h4-7,9H,3,8,10H2,1-2H3. The molecule has 5 heteroatoms. The van der Waals surface area contributed by atoms with E-state index in [4.69, 9.17) is 21.1 Å². The Kier molecular flexibility index (Phi) is 5.32. The normalized spacial score (nSPS) is 10.6. The molecule has 0 N–H and O–H groups in total. The molecule has 0 atom stereocenters. The van der Waals surface area contributed by atoms with Crippen LogP contribution in [0.25, 0.3) is 11.4 Å². The summed E-state index contributed by atoms with van der Waals surface area (Å²) in [5.41, 5.74) is 1.66. The molecule has 1 heterocycles. The summed E-state index contributed by atoms with van der Waals surface area (Å²) < 4.78 is 10.6. The van der Waals surface area contributed by atoms with Crippen LogP contribution in [0.2, 0.25) is 5.15 Å². The van der Waals surface area contributed by atoms with Gasteiger partial charge in [0.2, 0.25) is 0 Å². The lowest BCUT2D eigenvalue weighted by molar-refractivity contribution is 0.181. The zero-order chi connectivity index (χ0) is 14.4. The van der Waals surface area contributed by atoms with Crippen LogP contribution < -0.4 is 4.74 Å². The van der Waals surface area contributed by atoms with Gasteiger partial charge in [-0.25, -0.2) is 9.97 Å². The number of hydrogen-bond acceptors (Lipinski definition) is 4. The van der Waals surface area contributed by atoms with Gasteiger partial charge in [0.1, 0.15) is 10.9 Å². The van der Waals surface area contributed by atoms with Gasteiger partial charge in [-0.05, 0) is 36.8 Å². The highest BCUT2D eigenvalue weighted by atomic mass is 35.5. The first-order valence-electron chi connectivity index (χ1n) is 6.48. The molecule has 1 aromatic carbocycles. The highest BCUT2D eigenvalue weighted by molar-refractivity contribution is 6.29. The monoisotopic (exact) mass is 292 g/mol. The molecule has 0 spiro atoms. The van der Waals surface area contributed by atoms with Crippen LogP contribution in [-0.4, -0.2) is 23.7 Å². The fraction of sp³-hybridized carbons (Fsp3) is 0.333. The van der Waals surface area contributed by atoms with Crippen molar-refractivity contribution >= 4 is 11.6 Å². The van der Waals surface area contributed by atoms with Crippen molar-refractivity contribution in [2.75, 3.05) is 13.7 Å². The number of benzene rings is 1. The van der Waals surface area contributed by atoms with Crippen molar-refractivity contribution in [2.45, 2.75) is 20.0 Å². The molecule has 0 amide bonds. The Bertz CT molecular complexity index is 558. The lowest BCUT2D eigenvalue weighted by Crippen LogP contribution is -1.98. The lowest BCUT2D eigenvalue weighted by Gasteiger charge is -2.07. The molecular weight excluding hydrogens is 276 g/mol. The Morgan fingerprint density at radius 3 is 2.55 bits per heavy atom. The van der Waals surface area contributed by atoms with Gasteiger partial charge in [-0.3, -0.25) is 0 Å². The summed E-state index contributed by atoms with van der Waals surface area (Å²) in [6.45, 7) is 3.20. The number of aromatic nitrogens is 2. The lowest BCUT2D eigenvalue weighted by atomic mass is 10.2. The van der Waals surface area contributed by atoms with Gasteiger partial charge in [-0.2, -0.15) is 0 Å². The second-order valence-electron chi connectivity index (χ2n) is 4.31. The van der Waals surface area contributed by atoms with E-state index >= 15 is 0 Å². The van der Waals surface area contributed by atoms with E-state index in [0.717, 1.165) is 23.4 Å². The number of halogens is 1. The van der Waals surface area contributed by atoms with Crippen molar-refractivity contribution in [3.8, 4) is 17.1 Å². The molecule has 0 saturated carbocycles. The Labute approximate surface area is 123 Å². The highest BCUT2D eigenvalue weighted by Crippen LogP contribution is 2.21. The van der Waals surface area contributed by atoms with Gasteiger partial charge in [-0.1, -0.05) is 18.5 Å². The van der Waals surface area contributed by atoms with Gasteiger partial charge < -0.3 is 9.47 Å². The number of hydrogen-bond donors (Lipinski definition) is 0. The van der Waals surface area contributed by atoms with Crippen LogP contribution >= 0.6 is 11.6 Å². The van der Waals surface area contributed by atoms with Crippen molar-refractivity contribution in [3.05, 3.63) is 41.2 Å². The molecule has 106 valence electrons. The third-order valence-corrected chi connectivity index (χ3v) is 2.82. The molecule has 1 aromatic heterocycles. The first-order chi connectivity index (χ1) is 9.72. The first-order valence-corrected chi connectivity index (χ1v) is 6.86. The Balaban J connectivity index is 2.22. The molecule has 0 radical (unpaired) electrons. The average Bonchev–Trinajstić information content (AvgIpc) is 2.45. The van der Waals surface area contributed by atoms with Crippen LogP contribution in [0.5, 0.6) is 5.75 Å². The summed E-state index contributed by atoms with van der Waals surface area (Å²) in [7, 11) is 1.62. The molecule has 0 unspecified atom stereocenters. The Hall–Kier alpha value is -1.65. The highest BCUT2D eigenvalue weighted by Gasteiger charge is 2.06. The average molecular weight is 293 g/mol. The van der Waals surface area contributed by atoms with Crippen LogP contribution in [0, 0.1) is 0 Å². The molecule has 0 saturated heterocycles. The van der Waals surface area contributed by atoms with E-state index in [1.54, 1.807) is 13.2 Å². The molecule has 2 aromatic rings. The summed E-state index contributed by atoms with van der Waals surface area (Å²) in [6.07, 6.45) is 0.986. The summed E-state index contributed by atoms with van der Waals surface area (Å²) in [4.78, 5) is 8.66. The van der Waals surface area contributed by atoms with Crippen molar-refractivity contribution in [1.29, 1.82) is 0 Å². The topological polar surface area (TPSA) is 44.2 Å². The molecule has 0 aliphatic rings. The van der Waals surface area contributed by atoms with Crippen molar-refractivity contribution in [2.24, 2.45) is 0 Å². The van der Waals surface area contributed by atoms with E-state index in [-0.39, 0.29) is 0 Å². The summed E-state index contributed by atoms with van der Waals surface area (Å²) in [5, 5.41) is 0.411. The van der Waals surface area contributed by atoms with Crippen LogP contribution in [0.4, 0.5) is 0 Å². The van der Waals surface area contributed by atoms with E-state index in [9.17, 15) is 0 Å². The van der Waals surface area contributed by atoms with Crippen LogP contribution in [-0.2, 0) is 11.3 Å². The van der Waals surface area contributed by atoms with E-state index in [2.05, 4.69) is 16.9 Å². The smallest absolute Gasteiger partial charge is 0.161 e. The maximum absolute atomic E-state index is 6.00. The largest absolute Gasteiger partial charge is 0.494 e. The maximum Gasteiger partial charge on any atom is 0.161 e. The first kappa shape index (κ1) is 14.8. The number of nitrogens with zero attached hydrogens (tertiary/aromatic N) is 2. The number of methoxy groups -OCH3 is 1. The van der Waals surface area contributed by atoms with Gasteiger partial charge in [0.05, 0.1) is 18.9 Å². The molecule has 0 bridgehead atoms. The number of ether oxygens (including phenoxy) is 2. The van der Waals surface area contributed by atoms with E-state index in [0.29, 0.717) is 24.2 Å². The molecule has 4 nitrogen and oxygen atoms in total. The second kappa shape index (κ2) is 7.22. The minimum absolute atomic E-state index is 0.410. The molecule has 2 rings (SSSR count). The minimum atomic E-state index is 0.410. The van der Waals surface area contributed by atoms with Gasteiger partial charge in [0.15, 0.2) is 5.82 Å². The minimum Gasteiger partial charge on any atom is -0.494 e. The third kappa shape index (κ3) is 3.92. The third-order valence-electron chi connectivity index (χ3n) is 2.63. The summed E-state index contributed by atoms with van der Waals surface area (Å²) >= 11 is 6.00. The summed E-state index contributed by atoms with van der Waals surface area (Å²) in [6, 6.07) is 9.37. The van der Waals surface area contributed by atoms with Gasteiger partial charge in [0.25, 0.3) is 0 Å². The van der Waals surface area contributed by atoms with Crippen LogP contribution in [0.1, 0.15) is 19.0 Å². The molecule has 0 fully saturated rings. The fourth-order valence-electron chi connectivity index (χ4n) is 1.74. The second-order valence-corrected chi connectivity index (χ2v) is 4.70. The van der Waals surface area contributed by atoms with Crippen molar-refractivity contribution < 1.29 is 9.47 Å². The maximum atomic E-state index is 6.00. The summed E-state index contributed by atoms with van der Waals surface area (Å²) in [5.74, 6) is 1.43. The van der Waals surface area contributed by atoms with E-state index < -0.39 is 0 Å². The van der Waals surface area contributed by atoms with Crippen molar-refractivity contribution in [1.82, 2.24) is 9.97 Å². The molecule has 0 aliphatic carbocycles. The number of rotatable bonds is 6. The SMILES string of the molecule is CCCOc1ccc(-c2nc(Cl)cc(COC)n2)cc1. The quantitative estimate of drug-likeness (QED) is 0.761. The molecule has 0 aliphatic heterocycles. The predicted molar refractivity (Wildman–Crippen MR) is 79.0 cm³/mol. The van der Waals surface area contributed by atoms with Gasteiger partial charge >= 0.3 is 0 Å². The predicted octanol–water partition coefficient (Wildman–Crippen LogP) is 3.73. The Morgan fingerprint density at radius 2 is 1.90 bits per heavy atom. The van der Waals surface area contributed by atoms with Gasteiger partial charge in [-0.15, -0.1) is 0 Å². The molecule has 20 heavy (non-hydrogen) atoms. The van der Waals surface area contributed by atoms with Crippen LogP contribution in [0.15, 0.2) is 30.3 Å². The van der Waals surface area contributed by atoms with E-state index in [1.165, 1.54) is 0 Å². The zero-order valence-corrected chi connectivity index (χ0v) is 12.4. The van der Waals surface area contributed by atoms with Crippen LogP contribution in [0.3, 0.4) is 0 Å². The molecular formula is C15H17ClN2O2. The Morgan fingerprint density at radius 1 is 1.15 bits per heavy atom.